The van der Waals surface area contributed by atoms with E-state index < -0.39 is 0 Å². The maximum absolute atomic E-state index is 6.12. The van der Waals surface area contributed by atoms with Gasteiger partial charge in [0.05, 0.1) is 0 Å². The Hall–Kier alpha value is 0.210. The molecule has 2 atom stereocenters. The van der Waals surface area contributed by atoms with Crippen LogP contribution in [0.2, 0.25) is 0 Å². The second-order valence-corrected chi connectivity index (χ2v) is 4.48. The molecule has 0 bridgehead atoms. The molecule has 0 aliphatic carbocycles. The molecule has 0 aromatic heterocycles. The number of rotatable bonds is 4. The van der Waals surface area contributed by atoms with Crippen molar-refractivity contribution in [2.24, 2.45) is 0 Å². The van der Waals surface area contributed by atoms with Gasteiger partial charge in [0, 0.05) is 31.7 Å². The van der Waals surface area contributed by atoms with E-state index in [1.54, 1.807) is 7.11 Å². The number of ether oxygens (including phenoxy) is 1. The molecule has 1 rings (SSSR count). The third-order valence-corrected chi connectivity index (χ3v) is 3.11. The number of nitrogens with zero attached hydrogens (tertiary/aromatic N) is 1. The molecular formula is C10H20ClNO. The first-order chi connectivity index (χ1) is 6.24. The Morgan fingerprint density at radius 3 is 3.00 bits per heavy atom. The van der Waals surface area contributed by atoms with Crippen LogP contribution in [-0.4, -0.2) is 43.1 Å². The Morgan fingerprint density at radius 2 is 2.38 bits per heavy atom. The van der Waals surface area contributed by atoms with Crippen molar-refractivity contribution < 1.29 is 4.74 Å². The van der Waals surface area contributed by atoms with Crippen LogP contribution in [0.4, 0.5) is 0 Å². The van der Waals surface area contributed by atoms with Gasteiger partial charge in [0.1, 0.15) is 0 Å². The maximum atomic E-state index is 6.12. The lowest BCUT2D eigenvalue weighted by atomic mass is 10.1. The summed E-state index contributed by atoms with van der Waals surface area (Å²) in [6.45, 7) is 5.36. The van der Waals surface area contributed by atoms with Gasteiger partial charge in [0.2, 0.25) is 0 Å². The first-order valence-corrected chi connectivity index (χ1v) is 5.54. The Kier molecular flexibility index (Phi) is 5.07. The van der Waals surface area contributed by atoms with Gasteiger partial charge in [-0.15, -0.1) is 11.6 Å². The van der Waals surface area contributed by atoms with Crippen LogP contribution in [-0.2, 0) is 4.74 Å². The molecular weight excluding hydrogens is 186 g/mol. The molecule has 1 fully saturated rings. The third kappa shape index (κ3) is 3.84. The number of hydrogen-bond acceptors (Lipinski definition) is 2. The summed E-state index contributed by atoms with van der Waals surface area (Å²) in [6.07, 6.45) is 3.53. The summed E-state index contributed by atoms with van der Waals surface area (Å²) in [4.78, 5) is 2.47. The number of alkyl halides is 1. The smallest absolute Gasteiger partial charge is 0.0477 e. The molecule has 1 aliphatic heterocycles. The van der Waals surface area contributed by atoms with E-state index in [2.05, 4.69) is 11.8 Å². The summed E-state index contributed by atoms with van der Waals surface area (Å²) in [7, 11) is 1.76. The lowest BCUT2D eigenvalue weighted by Crippen LogP contribution is -2.42. The number of methoxy groups -OCH3 is 1. The van der Waals surface area contributed by atoms with E-state index in [1.807, 2.05) is 0 Å². The molecule has 0 N–H and O–H groups in total. The number of piperidine rings is 1. The Bertz CT molecular complexity index is 143. The summed E-state index contributed by atoms with van der Waals surface area (Å²) >= 11 is 6.12. The zero-order valence-electron chi connectivity index (χ0n) is 8.63. The van der Waals surface area contributed by atoms with Crippen LogP contribution in [0.15, 0.2) is 0 Å². The van der Waals surface area contributed by atoms with Crippen molar-refractivity contribution in [3.63, 3.8) is 0 Å². The summed E-state index contributed by atoms with van der Waals surface area (Å²) in [5.41, 5.74) is 0. The molecule has 0 radical (unpaired) electrons. The number of hydrogen-bond donors (Lipinski definition) is 0. The molecule has 0 saturated carbocycles. The van der Waals surface area contributed by atoms with Crippen molar-refractivity contribution in [2.75, 3.05) is 26.8 Å². The van der Waals surface area contributed by atoms with Crippen molar-refractivity contribution in [1.82, 2.24) is 4.90 Å². The van der Waals surface area contributed by atoms with Gasteiger partial charge in [0.25, 0.3) is 0 Å². The predicted octanol–water partition coefficient (Wildman–Crippen LogP) is 2.11. The van der Waals surface area contributed by atoms with Gasteiger partial charge in [-0.25, -0.2) is 0 Å². The zero-order chi connectivity index (χ0) is 9.68. The lowest BCUT2D eigenvalue weighted by Gasteiger charge is -2.34. The van der Waals surface area contributed by atoms with Crippen LogP contribution >= 0.6 is 11.6 Å². The average Bonchev–Trinajstić information content (AvgIpc) is 2.14. The number of likely N-dealkylation sites (tertiary alicyclic amines) is 1. The van der Waals surface area contributed by atoms with Crippen LogP contribution in [0.25, 0.3) is 0 Å². The molecule has 13 heavy (non-hydrogen) atoms. The Morgan fingerprint density at radius 1 is 1.62 bits per heavy atom. The van der Waals surface area contributed by atoms with Gasteiger partial charge >= 0.3 is 0 Å². The molecule has 3 heteroatoms. The SMILES string of the molecule is COCCC(C)N1CCCC(Cl)C1. The molecule has 0 aromatic carbocycles. The third-order valence-electron chi connectivity index (χ3n) is 2.76. The van der Waals surface area contributed by atoms with E-state index >= 15 is 0 Å². The van der Waals surface area contributed by atoms with Gasteiger partial charge in [-0.1, -0.05) is 0 Å². The fraction of sp³-hybridized carbons (Fsp3) is 1.00. The van der Waals surface area contributed by atoms with Crippen LogP contribution < -0.4 is 0 Å². The highest BCUT2D eigenvalue weighted by atomic mass is 35.5. The first-order valence-electron chi connectivity index (χ1n) is 5.11. The second-order valence-electron chi connectivity index (χ2n) is 3.86. The molecule has 0 spiro atoms. The van der Waals surface area contributed by atoms with Crippen LogP contribution in [0.1, 0.15) is 26.2 Å². The highest BCUT2D eigenvalue weighted by Gasteiger charge is 2.21. The van der Waals surface area contributed by atoms with Crippen molar-refractivity contribution in [3.8, 4) is 0 Å². The maximum Gasteiger partial charge on any atom is 0.0477 e. The first kappa shape index (κ1) is 11.3. The minimum absolute atomic E-state index is 0.360. The van der Waals surface area contributed by atoms with Gasteiger partial charge in [0.15, 0.2) is 0 Å². The summed E-state index contributed by atoms with van der Waals surface area (Å²) in [5.74, 6) is 0. The average molecular weight is 206 g/mol. The summed E-state index contributed by atoms with van der Waals surface area (Å²) in [6, 6.07) is 0.612. The van der Waals surface area contributed by atoms with E-state index in [0.717, 1.165) is 19.6 Å². The van der Waals surface area contributed by atoms with Gasteiger partial charge < -0.3 is 4.74 Å². The van der Waals surface area contributed by atoms with Crippen LogP contribution in [0, 0.1) is 0 Å². The molecule has 1 heterocycles. The van der Waals surface area contributed by atoms with E-state index in [0.29, 0.717) is 11.4 Å². The normalized spacial score (nSPS) is 27.5. The molecule has 2 unspecified atom stereocenters. The Balaban J connectivity index is 2.24. The fourth-order valence-electron chi connectivity index (χ4n) is 1.82. The van der Waals surface area contributed by atoms with E-state index in [4.69, 9.17) is 16.3 Å². The molecule has 0 amide bonds. The second kappa shape index (κ2) is 5.84. The monoisotopic (exact) mass is 205 g/mol. The van der Waals surface area contributed by atoms with E-state index in [1.165, 1.54) is 19.4 Å². The molecule has 1 aliphatic rings. The van der Waals surface area contributed by atoms with E-state index in [-0.39, 0.29) is 0 Å². The minimum Gasteiger partial charge on any atom is -0.385 e. The zero-order valence-corrected chi connectivity index (χ0v) is 9.39. The molecule has 2 nitrogen and oxygen atoms in total. The van der Waals surface area contributed by atoms with E-state index in [9.17, 15) is 0 Å². The highest BCUT2D eigenvalue weighted by Crippen LogP contribution is 2.18. The summed E-state index contributed by atoms with van der Waals surface area (Å²) < 4.78 is 5.07. The van der Waals surface area contributed by atoms with Crippen molar-refractivity contribution in [2.45, 2.75) is 37.6 Å². The standard InChI is InChI=1S/C10H20ClNO/c1-9(5-7-13-2)12-6-3-4-10(11)8-12/h9-10H,3-8H2,1-2H3. The van der Waals surface area contributed by atoms with Crippen LogP contribution in [0.5, 0.6) is 0 Å². The van der Waals surface area contributed by atoms with Crippen molar-refractivity contribution in [3.05, 3.63) is 0 Å². The van der Waals surface area contributed by atoms with Gasteiger partial charge in [-0.2, -0.15) is 0 Å². The largest absolute Gasteiger partial charge is 0.385 e. The molecule has 78 valence electrons. The topological polar surface area (TPSA) is 12.5 Å². The fourth-order valence-corrected chi connectivity index (χ4v) is 2.16. The van der Waals surface area contributed by atoms with Crippen LogP contribution in [0.3, 0.4) is 0 Å². The lowest BCUT2D eigenvalue weighted by molar-refractivity contribution is 0.124. The quantitative estimate of drug-likeness (QED) is 0.652. The predicted molar refractivity (Wildman–Crippen MR) is 56.4 cm³/mol. The highest BCUT2D eigenvalue weighted by molar-refractivity contribution is 6.20. The van der Waals surface area contributed by atoms with Gasteiger partial charge in [-0.05, 0) is 32.7 Å². The van der Waals surface area contributed by atoms with Crippen molar-refractivity contribution in [1.29, 1.82) is 0 Å². The molecule has 1 saturated heterocycles. The number of halogens is 1. The summed E-state index contributed by atoms with van der Waals surface area (Å²) in [5, 5.41) is 0.360. The Labute approximate surface area is 86.2 Å². The molecule has 0 aromatic rings. The minimum atomic E-state index is 0.360. The van der Waals surface area contributed by atoms with Crippen molar-refractivity contribution >= 4 is 11.6 Å². The van der Waals surface area contributed by atoms with Gasteiger partial charge in [-0.3, -0.25) is 4.90 Å².